The van der Waals surface area contributed by atoms with E-state index in [1.54, 1.807) is 6.92 Å². The largest absolute Gasteiger partial charge is 0.464 e. The zero-order valence-corrected chi connectivity index (χ0v) is 12.2. The third-order valence-electron chi connectivity index (χ3n) is 2.95. The highest BCUT2D eigenvalue weighted by atomic mass is 16.5. The van der Waals surface area contributed by atoms with E-state index < -0.39 is 17.9 Å². The van der Waals surface area contributed by atoms with Gasteiger partial charge in [-0.25, -0.2) is 9.78 Å². The number of hydrogen-bond donors (Lipinski definition) is 1. The van der Waals surface area contributed by atoms with E-state index in [1.807, 2.05) is 30.3 Å². The summed E-state index contributed by atoms with van der Waals surface area (Å²) in [6, 6.07) is 8.66. The first-order valence-corrected chi connectivity index (χ1v) is 6.98. The molecule has 0 bridgehead atoms. The second kappa shape index (κ2) is 7.87. The van der Waals surface area contributed by atoms with Gasteiger partial charge in [-0.2, -0.15) is 0 Å². The number of carbonyl (C=O) groups excluding carboxylic acids is 2. The van der Waals surface area contributed by atoms with Crippen LogP contribution in [0.3, 0.4) is 0 Å². The van der Waals surface area contributed by atoms with E-state index in [2.05, 4.69) is 15.3 Å². The molecule has 2 rings (SSSR count). The molecule has 0 aliphatic rings. The number of hydrogen-bond acceptors (Lipinski definition) is 5. The molecule has 0 spiro atoms. The van der Waals surface area contributed by atoms with Crippen LogP contribution in [0.4, 0.5) is 0 Å². The van der Waals surface area contributed by atoms with Crippen molar-refractivity contribution >= 4 is 11.9 Å². The van der Waals surface area contributed by atoms with Crippen LogP contribution in [-0.4, -0.2) is 34.5 Å². The summed E-state index contributed by atoms with van der Waals surface area (Å²) in [5.41, 5.74) is 1.09. The van der Waals surface area contributed by atoms with Crippen molar-refractivity contribution in [3.8, 4) is 0 Å². The fraction of sp³-hybridized carbons (Fsp3) is 0.250. The van der Waals surface area contributed by atoms with Crippen LogP contribution >= 0.6 is 0 Å². The van der Waals surface area contributed by atoms with Crippen molar-refractivity contribution in [1.82, 2.24) is 15.3 Å². The molecule has 0 radical (unpaired) electrons. The summed E-state index contributed by atoms with van der Waals surface area (Å²) in [6.07, 6.45) is 4.60. The lowest BCUT2D eigenvalue weighted by molar-refractivity contribution is -0.145. The molecule has 1 N–H and O–H groups in total. The number of rotatable bonds is 6. The minimum Gasteiger partial charge on any atom is -0.464 e. The van der Waals surface area contributed by atoms with Gasteiger partial charge >= 0.3 is 5.97 Å². The van der Waals surface area contributed by atoms with Gasteiger partial charge in [-0.1, -0.05) is 30.3 Å². The molecule has 1 atom stereocenters. The zero-order valence-electron chi connectivity index (χ0n) is 12.2. The molecule has 6 heteroatoms. The summed E-state index contributed by atoms with van der Waals surface area (Å²) in [7, 11) is 0. The van der Waals surface area contributed by atoms with E-state index in [4.69, 9.17) is 4.74 Å². The Hall–Kier alpha value is -2.76. The van der Waals surface area contributed by atoms with E-state index in [0.29, 0.717) is 6.42 Å². The highest BCUT2D eigenvalue weighted by Crippen LogP contribution is 2.06. The minimum absolute atomic E-state index is 0.157. The normalized spacial score (nSPS) is 11.5. The Balaban J connectivity index is 2.11. The molecule has 114 valence electrons. The third-order valence-corrected chi connectivity index (χ3v) is 2.95. The van der Waals surface area contributed by atoms with Gasteiger partial charge in [0.1, 0.15) is 11.7 Å². The predicted octanol–water partition coefficient (Wildman–Crippen LogP) is 1.38. The third kappa shape index (κ3) is 4.37. The number of ether oxygens (including phenoxy) is 1. The van der Waals surface area contributed by atoms with Crippen LogP contribution in [0.15, 0.2) is 48.9 Å². The monoisotopic (exact) mass is 299 g/mol. The number of benzene rings is 1. The molecule has 1 aromatic heterocycles. The first kappa shape index (κ1) is 15.6. The van der Waals surface area contributed by atoms with Crippen LogP contribution < -0.4 is 5.32 Å². The smallest absolute Gasteiger partial charge is 0.328 e. The van der Waals surface area contributed by atoms with Crippen LogP contribution in [0.5, 0.6) is 0 Å². The van der Waals surface area contributed by atoms with Crippen molar-refractivity contribution in [2.75, 3.05) is 6.61 Å². The van der Waals surface area contributed by atoms with E-state index in [9.17, 15) is 9.59 Å². The Kier molecular flexibility index (Phi) is 5.59. The summed E-state index contributed by atoms with van der Waals surface area (Å²) >= 11 is 0. The topological polar surface area (TPSA) is 81.2 Å². The van der Waals surface area contributed by atoms with Crippen LogP contribution in [-0.2, 0) is 16.0 Å². The van der Waals surface area contributed by atoms with Crippen molar-refractivity contribution in [1.29, 1.82) is 0 Å². The molecular weight excluding hydrogens is 282 g/mol. The molecule has 0 saturated carbocycles. The zero-order chi connectivity index (χ0) is 15.8. The fourth-order valence-corrected chi connectivity index (χ4v) is 1.93. The minimum atomic E-state index is -0.767. The van der Waals surface area contributed by atoms with Gasteiger partial charge < -0.3 is 10.1 Å². The van der Waals surface area contributed by atoms with Gasteiger partial charge in [-0.05, 0) is 12.5 Å². The number of amides is 1. The molecule has 1 heterocycles. The highest BCUT2D eigenvalue weighted by Gasteiger charge is 2.23. The highest BCUT2D eigenvalue weighted by molar-refractivity contribution is 5.95. The Morgan fingerprint density at radius 1 is 1.23 bits per heavy atom. The van der Waals surface area contributed by atoms with Gasteiger partial charge in [0.25, 0.3) is 5.91 Å². The molecule has 0 saturated heterocycles. The Bertz CT molecular complexity index is 617. The lowest BCUT2D eigenvalue weighted by Crippen LogP contribution is -2.43. The van der Waals surface area contributed by atoms with Crippen LogP contribution in [0.1, 0.15) is 23.0 Å². The van der Waals surface area contributed by atoms with E-state index in [-0.39, 0.29) is 12.3 Å². The number of esters is 1. The molecule has 1 aromatic carbocycles. The first-order valence-electron chi connectivity index (χ1n) is 6.98. The van der Waals surface area contributed by atoms with E-state index in [1.165, 1.54) is 18.6 Å². The average Bonchev–Trinajstić information content (AvgIpc) is 2.56. The second-order valence-corrected chi connectivity index (χ2v) is 4.56. The van der Waals surface area contributed by atoms with Crippen molar-refractivity contribution in [2.24, 2.45) is 0 Å². The van der Waals surface area contributed by atoms with Gasteiger partial charge in [0.05, 0.1) is 12.8 Å². The molecule has 22 heavy (non-hydrogen) atoms. The van der Waals surface area contributed by atoms with Gasteiger partial charge in [0.15, 0.2) is 0 Å². The number of aromatic nitrogens is 2. The molecule has 0 fully saturated rings. The summed E-state index contributed by atoms with van der Waals surface area (Å²) < 4.78 is 5.02. The van der Waals surface area contributed by atoms with Crippen molar-refractivity contribution in [3.63, 3.8) is 0 Å². The van der Waals surface area contributed by atoms with Crippen molar-refractivity contribution in [2.45, 2.75) is 19.4 Å². The molecule has 0 aliphatic heterocycles. The summed E-state index contributed by atoms with van der Waals surface area (Å²) in [6.45, 7) is 1.98. The number of carbonyl (C=O) groups is 2. The van der Waals surface area contributed by atoms with E-state index >= 15 is 0 Å². The summed E-state index contributed by atoms with van der Waals surface area (Å²) in [5.74, 6) is -0.925. The quantitative estimate of drug-likeness (QED) is 0.815. The van der Waals surface area contributed by atoms with Crippen LogP contribution in [0.2, 0.25) is 0 Å². The maximum atomic E-state index is 12.1. The van der Waals surface area contributed by atoms with Crippen LogP contribution in [0.25, 0.3) is 0 Å². The molecule has 1 amide bonds. The fourth-order valence-electron chi connectivity index (χ4n) is 1.93. The lowest BCUT2D eigenvalue weighted by Gasteiger charge is -2.17. The lowest BCUT2D eigenvalue weighted by atomic mass is 10.1. The van der Waals surface area contributed by atoms with Gasteiger partial charge in [0.2, 0.25) is 0 Å². The Morgan fingerprint density at radius 3 is 2.64 bits per heavy atom. The molecule has 6 nitrogen and oxygen atoms in total. The summed E-state index contributed by atoms with van der Waals surface area (Å²) in [5, 5.41) is 2.65. The number of nitrogens with one attached hydrogen (secondary N) is 1. The Morgan fingerprint density at radius 2 is 2.00 bits per heavy atom. The Labute approximate surface area is 128 Å². The maximum absolute atomic E-state index is 12.1. The maximum Gasteiger partial charge on any atom is 0.328 e. The van der Waals surface area contributed by atoms with Gasteiger partial charge in [-0.15, -0.1) is 0 Å². The second-order valence-electron chi connectivity index (χ2n) is 4.56. The molecule has 0 aliphatic carbocycles. The molecule has 2 aromatic rings. The molecule has 0 unspecified atom stereocenters. The SMILES string of the molecule is CCOC(=O)[C@H](Cc1ccccc1)NC(=O)c1cnccn1. The number of nitrogens with zero attached hydrogens (tertiary/aromatic N) is 2. The van der Waals surface area contributed by atoms with Crippen molar-refractivity contribution < 1.29 is 14.3 Å². The van der Waals surface area contributed by atoms with E-state index in [0.717, 1.165) is 5.56 Å². The average molecular weight is 299 g/mol. The predicted molar refractivity (Wildman–Crippen MR) is 80.1 cm³/mol. The standard InChI is InChI=1S/C16H17N3O3/c1-2-22-16(21)13(10-12-6-4-3-5-7-12)19-15(20)14-11-17-8-9-18-14/h3-9,11,13H,2,10H2,1H3,(H,19,20)/t13-/m0/s1. The van der Waals surface area contributed by atoms with Crippen molar-refractivity contribution in [3.05, 3.63) is 60.2 Å². The first-order chi connectivity index (χ1) is 10.7. The summed E-state index contributed by atoms with van der Waals surface area (Å²) in [4.78, 5) is 31.9. The van der Waals surface area contributed by atoms with Gasteiger partial charge in [0, 0.05) is 18.8 Å². The van der Waals surface area contributed by atoms with Gasteiger partial charge in [-0.3, -0.25) is 9.78 Å². The van der Waals surface area contributed by atoms with Crippen LogP contribution in [0, 0.1) is 0 Å². The molecular formula is C16H17N3O3.